The Balaban J connectivity index is 1.85. The van der Waals surface area contributed by atoms with Crippen LogP contribution in [-0.4, -0.2) is 4.57 Å². The van der Waals surface area contributed by atoms with E-state index in [1.165, 1.54) is 23.3 Å². The van der Waals surface area contributed by atoms with Gasteiger partial charge in [-0.1, -0.05) is 44.6 Å². The van der Waals surface area contributed by atoms with Crippen LogP contribution in [0.15, 0.2) is 65.0 Å². The molecule has 0 fully saturated rings. The zero-order chi connectivity index (χ0) is 21.0. The molecule has 1 heterocycles. The second-order valence-corrected chi connectivity index (χ2v) is 8.82. The summed E-state index contributed by atoms with van der Waals surface area (Å²) in [7, 11) is 0. The Morgan fingerprint density at radius 3 is 2.60 bits per heavy atom. The van der Waals surface area contributed by atoms with Crippen LogP contribution < -0.4 is 5.43 Å². The lowest BCUT2D eigenvalue weighted by Gasteiger charge is -2.21. The van der Waals surface area contributed by atoms with E-state index in [9.17, 15) is 9.18 Å². The van der Waals surface area contributed by atoms with Crippen molar-refractivity contribution in [3.05, 3.63) is 93.1 Å². The first-order valence-corrected chi connectivity index (χ1v) is 10.9. The molecule has 2 aromatic carbocycles. The van der Waals surface area contributed by atoms with E-state index >= 15 is 0 Å². The van der Waals surface area contributed by atoms with Gasteiger partial charge in [-0.25, -0.2) is 4.39 Å². The monoisotopic (exact) mass is 399 g/mol. The van der Waals surface area contributed by atoms with Crippen LogP contribution in [0.3, 0.4) is 0 Å². The molecule has 152 valence electrons. The molecule has 30 heavy (non-hydrogen) atoms. The van der Waals surface area contributed by atoms with Crippen LogP contribution in [0.2, 0.25) is 0 Å². The van der Waals surface area contributed by atoms with Crippen LogP contribution in [0.4, 0.5) is 4.39 Å². The molecule has 0 N–H and O–H groups in total. The van der Waals surface area contributed by atoms with E-state index in [0.717, 1.165) is 46.3 Å². The number of fused-ring (bicyclic) bond motifs is 3. The Kier molecular flexibility index (Phi) is 4.50. The lowest BCUT2D eigenvalue weighted by atomic mass is 9.89. The summed E-state index contributed by atoms with van der Waals surface area (Å²) in [5, 5.41) is 0.750. The van der Waals surface area contributed by atoms with Gasteiger partial charge in [0.1, 0.15) is 5.82 Å². The van der Waals surface area contributed by atoms with E-state index in [1.807, 2.05) is 6.07 Å². The van der Waals surface area contributed by atoms with Gasteiger partial charge >= 0.3 is 0 Å². The van der Waals surface area contributed by atoms with E-state index in [0.29, 0.717) is 18.3 Å². The topological polar surface area (TPSA) is 22.0 Å². The Hall–Kier alpha value is -2.94. The van der Waals surface area contributed by atoms with Crippen molar-refractivity contribution in [2.24, 2.45) is 5.92 Å². The molecule has 2 nitrogen and oxygen atoms in total. The van der Waals surface area contributed by atoms with E-state index in [-0.39, 0.29) is 11.2 Å². The number of hydrogen-bond acceptors (Lipinski definition) is 1. The van der Waals surface area contributed by atoms with Gasteiger partial charge in [0.15, 0.2) is 5.43 Å². The lowest BCUT2D eigenvalue weighted by Crippen LogP contribution is -2.17. The average molecular weight is 400 g/mol. The van der Waals surface area contributed by atoms with Crippen LogP contribution in [0.25, 0.3) is 22.2 Å². The van der Waals surface area contributed by atoms with Gasteiger partial charge < -0.3 is 4.57 Å². The van der Waals surface area contributed by atoms with Crippen molar-refractivity contribution in [2.75, 3.05) is 0 Å². The molecule has 1 atom stereocenters. The van der Waals surface area contributed by atoms with Gasteiger partial charge in [-0.2, -0.15) is 0 Å². The summed E-state index contributed by atoms with van der Waals surface area (Å²) in [6.45, 7) is 6.49. The van der Waals surface area contributed by atoms with E-state index in [2.05, 4.69) is 49.6 Å². The summed E-state index contributed by atoms with van der Waals surface area (Å²) in [6, 6.07) is 12.8. The number of halogens is 1. The predicted molar refractivity (Wildman–Crippen MR) is 122 cm³/mol. The Morgan fingerprint density at radius 2 is 1.90 bits per heavy atom. The highest BCUT2D eigenvalue weighted by Gasteiger charge is 2.30. The van der Waals surface area contributed by atoms with Gasteiger partial charge in [0.25, 0.3) is 0 Å². The maximum absolute atomic E-state index is 13.7. The molecule has 0 saturated heterocycles. The molecule has 0 amide bonds. The van der Waals surface area contributed by atoms with Crippen LogP contribution in [0.5, 0.6) is 0 Å². The minimum absolute atomic E-state index is 0.136. The molecule has 0 bridgehead atoms. The fraction of sp³-hybridized carbons (Fsp3) is 0.296. The number of pyridine rings is 1. The summed E-state index contributed by atoms with van der Waals surface area (Å²) in [6.07, 6.45) is 7.30. The minimum Gasteiger partial charge on any atom is -0.309 e. The molecule has 2 aliphatic carbocycles. The van der Waals surface area contributed by atoms with Crippen LogP contribution >= 0.6 is 0 Å². The first-order valence-electron chi connectivity index (χ1n) is 10.9. The molecule has 5 rings (SSSR count). The number of hydrogen-bond donors (Lipinski definition) is 0. The zero-order valence-electron chi connectivity index (χ0n) is 17.7. The quantitative estimate of drug-likeness (QED) is 0.489. The van der Waals surface area contributed by atoms with Crippen molar-refractivity contribution in [3.8, 4) is 5.69 Å². The van der Waals surface area contributed by atoms with Crippen LogP contribution in [0, 0.1) is 11.7 Å². The van der Waals surface area contributed by atoms with Gasteiger partial charge in [-0.3, -0.25) is 4.79 Å². The molecule has 1 unspecified atom stereocenters. The van der Waals surface area contributed by atoms with Gasteiger partial charge in [0, 0.05) is 23.1 Å². The summed E-state index contributed by atoms with van der Waals surface area (Å²) in [5.41, 5.74) is 7.45. The fourth-order valence-corrected chi connectivity index (χ4v) is 4.87. The lowest BCUT2D eigenvalue weighted by molar-refractivity contribution is 0.611. The van der Waals surface area contributed by atoms with Crippen molar-refractivity contribution >= 4 is 16.5 Å². The molecule has 0 aliphatic heterocycles. The summed E-state index contributed by atoms with van der Waals surface area (Å²) >= 11 is 0. The third kappa shape index (κ3) is 2.87. The minimum atomic E-state index is -0.258. The second kappa shape index (κ2) is 7.09. The number of benzene rings is 2. The largest absolute Gasteiger partial charge is 0.309 e. The number of allylic oxidation sites excluding steroid dienone is 4. The van der Waals surface area contributed by atoms with Crippen molar-refractivity contribution in [1.82, 2.24) is 4.57 Å². The predicted octanol–water partition coefficient (Wildman–Crippen LogP) is 6.55. The van der Waals surface area contributed by atoms with Crippen molar-refractivity contribution in [2.45, 2.75) is 46.0 Å². The Morgan fingerprint density at radius 1 is 1.13 bits per heavy atom. The summed E-state index contributed by atoms with van der Waals surface area (Å²) in [5.74, 6) is 0.626. The molecular weight excluding hydrogens is 373 g/mol. The third-order valence-corrected chi connectivity index (χ3v) is 6.64. The van der Waals surface area contributed by atoms with Gasteiger partial charge in [0.2, 0.25) is 0 Å². The maximum Gasteiger partial charge on any atom is 0.193 e. The Bertz CT molecular complexity index is 1270. The highest BCUT2D eigenvalue weighted by atomic mass is 19.1. The molecule has 0 saturated carbocycles. The van der Waals surface area contributed by atoms with Crippen molar-refractivity contribution < 1.29 is 4.39 Å². The molecule has 0 radical (unpaired) electrons. The smallest absolute Gasteiger partial charge is 0.193 e. The molecule has 3 aromatic rings. The van der Waals surface area contributed by atoms with E-state index < -0.39 is 0 Å². The van der Waals surface area contributed by atoms with Crippen LogP contribution in [0.1, 0.15) is 56.4 Å². The van der Waals surface area contributed by atoms with Gasteiger partial charge in [-0.15, -0.1) is 0 Å². The first kappa shape index (κ1) is 19.0. The van der Waals surface area contributed by atoms with E-state index in [1.54, 1.807) is 12.1 Å². The zero-order valence-corrected chi connectivity index (χ0v) is 17.7. The molecule has 3 heteroatoms. The molecule has 1 aromatic heterocycles. The SMILES string of the molecule is CCC1C=CC2=C(Cc3c2n(-c2ccc(F)cc2)c2ccc(C(C)C)cc2c3=O)C1. The van der Waals surface area contributed by atoms with Crippen molar-refractivity contribution in [3.63, 3.8) is 0 Å². The molecular formula is C27H26FNO. The standard InChI is InChI=1S/C27H26FNO/c1-4-17-5-11-22-19(13-17)15-24-26(22)29(21-9-7-20(28)8-10-21)25-12-6-18(16(2)3)14-23(25)27(24)30/h5-12,14,16-17H,4,13,15H2,1-3H3. The summed E-state index contributed by atoms with van der Waals surface area (Å²) < 4.78 is 15.8. The average Bonchev–Trinajstić information content (AvgIpc) is 3.13. The van der Waals surface area contributed by atoms with Gasteiger partial charge in [0.05, 0.1) is 11.2 Å². The number of rotatable bonds is 3. The summed E-state index contributed by atoms with van der Waals surface area (Å²) in [4.78, 5) is 13.6. The van der Waals surface area contributed by atoms with Crippen LogP contribution in [-0.2, 0) is 6.42 Å². The first-order chi connectivity index (χ1) is 14.5. The van der Waals surface area contributed by atoms with Crippen molar-refractivity contribution in [1.29, 1.82) is 0 Å². The van der Waals surface area contributed by atoms with E-state index in [4.69, 9.17) is 0 Å². The normalized spacial score (nSPS) is 17.7. The highest BCUT2D eigenvalue weighted by Crippen LogP contribution is 2.42. The fourth-order valence-electron chi connectivity index (χ4n) is 4.87. The molecule has 0 spiro atoms. The molecule has 2 aliphatic rings. The maximum atomic E-state index is 13.7. The van der Waals surface area contributed by atoms with Gasteiger partial charge in [-0.05, 0) is 72.2 Å². The Labute approximate surface area is 176 Å². The second-order valence-electron chi connectivity index (χ2n) is 8.82. The number of nitrogens with zero attached hydrogens (tertiary/aromatic N) is 1. The third-order valence-electron chi connectivity index (χ3n) is 6.64. The number of aromatic nitrogens is 1. The highest BCUT2D eigenvalue weighted by molar-refractivity contribution is 5.91.